The van der Waals surface area contributed by atoms with Crippen LogP contribution in [0.1, 0.15) is 30.6 Å². The van der Waals surface area contributed by atoms with Gasteiger partial charge in [0.1, 0.15) is 0 Å². The van der Waals surface area contributed by atoms with E-state index in [0.717, 1.165) is 52.1 Å². The molecule has 0 aliphatic carbocycles. The second-order valence-corrected chi connectivity index (χ2v) is 8.50. The highest BCUT2D eigenvalue weighted by molar-refractivity contribution is 7.09. The van der Waals surface area contributed by atoms with E-state index in [1.54, 1.807) is 7.11 Å². The van der Waals surface area contributed by atoms with E-state index in [1.807, 2.05) is 11.3 Å². The van der Waals surface area contributed by atoms with E-state index in [9.17, 15) is 4.79 Å². The van der Waals surface area contributed by atoms with Crippen LogP contribution in [0.3, 0.4) is 0 Å². The van der Waals surface area contributed by atoms with Gasteiger partial charge in [0, 0.05) is 25.1 Å². The highest BCUT2D eigenvalue weighted by Crippen LogP contribution is 2.29. The molecule has 0 aromatic carbocycles. The minimum absolute atomic E-state index is 0.192. The molecule has 2 N–H and O–H groups in total. The van der Waals surface area contributed by atoms with E-state index in [-0.39, 0.29) is 11.3 Å². The van der Waals surface area contributed by atoms with Gasteiger partial charge in [-0.2, -0.15) is 0 Å². The van der Waals surface area contributed by atoms with E-state index in [4.69, 9.17) is 4.74 Å². The number of carbonyl (C=O) groups excluding carboxylic acids is 1. The Kier molecular flexibility index (Phi) is 6.87. The van der Waals surface area contributed by atoms with Crippen molar-refractivity contribution in [3.63, 3.8) is 0 Å². The first-order chi connectivity index (χ1) is 12.2. The van der Waals surface area contributed by atoms with E-state index in [0.29, 0.717) is 12.5 Å². The van der Waals surface area contributed by atoms with Crippen molar-refractivity contribution in [1.82, 2.24) is 15.5 Å². The number of nitrogens with zero attached hydrogens (tertiary/aromatic N) is 1. The zero-order valence-corrected chi connectivity index (χ0v) is 16.1. The third-order valence-corrected chi connectivity index (χ3v) is 6.54. The summed E-state index contributed by atoms with van der Waals surface area (Å²) in [4.78, 5) is 16.8. The van der Waals surface area contributed by atoms with Crippen LogP contribution in [-0.2, 0) is 16.1 Å². The normalized spacial score (nSPS) is 22.0. The third-order valence-electron chi connectivity index (χ3n) is 5.68. The summed E-state index contributed by atoms with van der Waals surface area (Å²) in [5.74, 6) is 0.793. The number of rotatable bonds is 7. The third kappa shape index (κ3) is 5.03. The molecule has 2 saturated heterocycles. The van der Waals surface area contributed by atoms with Crippen molar-refractivity contribution in [1.29, 1.82) is 0 Å². The monoisotopic (exact) mass is 365 g/mol. The lowest BCUT2D eigenvalue weighted by Gasteiger charge is -2.37. The van der Waals surface area contributed by atoms with Crippen molar-refractivity contribution in [2.45, 2.75) is 32.2 Å². The highest BCUT2D eigenvalue weighted by Gasteiger charge is 2.39. The largest absolute Gasteiger partial charge is 0.384 e. The maximum absolute atomic E-state index is 12.8. The van der Waals surface area contributed by atoms with Crippen molar-refractivity contribution < 1.29 is 9.53 Å². The van der Waals surface area contributed by atoms with Crippen LogP contribution in [0.15, 0.2) is 17.5 Å². The Bertz CT molecular complexity index is 515. The van der Waals surface area contributed by atoms with Crippen molar-refractivity contribution in [3.8, 4) is 0 Å². The summed E-state index contributed by atoms with van der Waals surface area (Å²) in [5.41, 5.74) is -0.333. The summed E-state index contributed by atoms with van der Waals surface area (Å²) < 4.78 is 5.37. The average Bonchev–Trinajstić information content (AvgIpc) is 3.15. The van der Waals surface area contributed by atoms with Gasteiger partial charge in [0.05, 0.1) is 12.0 Å². The molecule has 5 nitrogen and oxygen atoms in total. The number of ether oxygens (including phenoxy) is 1. The molecule has 0 atom stereocenters. The van der Waals surface area contributed by atoms with Crippen LogP contribution < -0.4 is 10.6 Å². The van der Waals surface area contributed by atoms with Gasteiger partial charge in [-0.3, -0.25) is 9.69 Å². The Morgan fingerprint density at radius 3 is 2.80 bits per heavy atom. The fraction of sp³-hybridized carbons (Fsp3) is 0.737. The quantitative estimate of drug-likeness (QED) is 0.777. The molecule has 0 unspecified atom stereocenters. The Hall–Kier alpha value is -0.950. The van der Waals surface area contributed by atoms with Crippen molar-refractivity contribution in [3.05, 3.63) is 22.4 Å². The number of carbonyl (C=O) groups is 1. The molecule has 3 rings (SSSR count). The first-order valence-electron chi connectivity index (χ1n) is 9.44. The van der Waals surface area contributed by atoms with Crippen LogP contribution in [0.25, 0.3) is 0 Å². The maximum Gasteiger partial charge on any atom is 0.228 e. The molecule has 1 aromatic rings. The van der Waals surface area contributed by atoms with E-state index in [2.05, 4.69) is 33.0 Å². The predicted octanol–water partition coefficient (Wildman–Crippen LogP) is 2.09. The number of methoxy groups -OCH3 is 1. The van der Waals surface area contributed by atoms with Gasteiger partial charge in [0.15, 0.2) is 0 Å². The summed E-state index contributed by atoms with van der Waals surface area (Å²) in [7, 11) is 1.69. The summed E-state index contributed by atoms with van der Waals surface area (Å²) in [5, 5.41) is 8.73. The number of thiophene rings is 1. The minimum atomic E-state index is -0.333. The van der Waals surface area contributed by atoms with Crippen LogP contribution in [0.2, 0.25) is 0 Å². The standard InChI is InChI=1S/C19H31N3O2S/c1-24-15-19(6-8-20-9-7-19)18(23)21-13-16-4-10-22(11-5-16)14-17-3-2-12-25-17/h2-3,12,16,20H,4-11,13-15H2,1H3,(H,21,23). The molecule has 0 spiro atoms. The lowest BCUT2D eigenvalue weighted by atomic mass is 9.78. The number of amides is 1. The summed E-state index contributed by atoms with van der Waals surface area (Å²) in [6, 6.07) is 4.34. The number of hydrogen-bond acceptors (Lipinski definition) is 5. The van der Waals surface area contributed by atoms with Gasteiger partial charge in [-0.1, -0.05) is 6.07 Å². The van der Waals surface area contributed by atoms with Crippen LogP contribution in [-0.4, -0.2) is 57.2 Å². The number of nitrogens with one attached hydrogen (secondary N) is 2. The summed E-state index contributed by atoms with van der Waals surface area (Å²) in [6.45, 7) is 6.47. The molecule has 2 aliphatic rings. The molecule has 2 fully saturated rings. The molecule has 1 amide bonds. The first-order valence-corrected chi connectivity index (χ1v) is 10.3. The SMILES string of the molecule is COCC1(C(=O)NCC2CCN(Cc3cccs3)CC2)CCNCC1. The Balaban J connectivity index is 1.42. The lowest BCUT2D eigenvalue weighted by Crippen LogP contribution is -2.51. The van der Waals surface area contributed by atoms with Crippen LogP contribution in [0, 0.1) is 11.3 Å². The smallest absolute Gasteiger partial charge is 0.228 e. The van der Waals surface area contributed by atoms with Gasteiger partial charge in [-0.25, -0.2) is 0 Å². The van der Waals surface area contributed by atoms with Crippen LogP contribution in [0.5, 0.6) is 0 Å². The summed E-state index contributed by atoms with van der Waals surface area (Å²) in [6.07, 6.45) is 4.08. The molecule has 25 heavy (non-hydrogen) atoms. The zero-order valence-electron chi connectivity index (χ0n) is 15.3. The van der Waals surface area contributed by atoms with Gasteiger partial charge in [-0.15, -0.1) is 11.3 Å². The highest BCUT2D eigenvalue weighted by atomic mass is 32.1. The Morgan fingerprint density at radius 1 is 1.40 bits per heavy atom. The molecule has 1 aromatic heterocycles. The maximum atomic E-state index is 12.8. The molecule has 0 radical (unpaired) electrons. The Labute approximate surface area is 155 Å². The van der Waals surface area contributed by atoms with Gasteiger partial charge in [0.25, 0.3) is 0 Å². The van der Waals surface area contributed by atoms with Gasteiger partial charge in [0.2, 0.25) is 5.91 Å². The first kappa shape index (κ1) is 18.8. The second-order valence-electron chi connectivity index (χ2n) is 7.47. The van der Waals surface area contributed by atoms with Crippen LogP contribution in [0.4, 0.5) is 0 Å². The molecule has 3 heterocycles. The molecule has 0 bridgehead atoms. The number of hydrogen-bond donors (Lipinski definition) is 2. The van der Waals surface area contributed by atoms with Crippen molar-refractivity contribution in [2.24, 2.45) is 11.3 Å². The molecule has 2 aliphatic heterocycles. The lowest BCUT2D eigenvalue weighted by molar-refractivity contribution is -0.136. The van der Waals surface area contributed by atoms with Gasteiger partial charge < -0.3 is 15.4 Å². The molecule has 0 saturated carbocycles. The van der Waals surface area contributed by atoms with Crippen molar-refractivity contribution >= 4 is 17.2 Å². The summed E-state index contributed by atoms with van der Waals surface area (Å²) >= 11 is 1.84. The zero-order chi connectivity index (χ0) is 17.5. The number of piperidine rings is 2. The fourth-order valence-electron chi connectivity index (χ4n) is 4.01. The van der Waals surface area contributed by atoms with Crippen LogP contribution >= 0.6 is 11.3 Å². The predicted molar refractivity (Wildman–Crippen MR) is 102 cm³/mol. The minimum Gasteiger partial charge on any atom is -0.384 e. The second kappa shape index (κ2) is 9.12. The fourth-order valence-corrected chi connectivity index (χ4v) is 4.76. The molecular formula is C19H31N3O2S. The molecule has 140 valence electrons. The number of likely N-dealkylation sites (tertiary alicyclic amines) is 1. The molecular weight excluding hydrogens is 334 g/mol. The van der Waals surface area contributed by atoms with Crippen molar-refractivity contribution in [2.75, 3.05) is 46.4 Å². The molecule has 6 heteroatoms. The topological polar surface area (TPSA) is 53.6 Å². The van der Waals surface area contributed by atoms with E-state index in [1.165, 1.54) is 17.7 Å². The van der Waals surface area contributed by atoms with E-state index < -0.39 is 0 Å². The van der Waals surface area contributed by atoms with E-state index >= 15 is 0 Å². The van der Waals surface area contributed by atoms with Gasteiger partial charge >= 0.3 is 0 Å². The van der Waals surface area contributed by atoms with Gasteiger partial charge in [-0.05, 0) is 69.2 Å². The Morgan fingerprint density at radius 2 is 2.16 bits per heavy atom. The average molecular weight is 366 g/mol.